The molecule has 1 aliphatic heterocycles. The molecule has 2 nitrogen and oxygen atoms in total. The zero-order chi connectivity index (χ0) is 16.0. The highest BCUT2D eigenvalue weighted by Crippen LogP contribution is 2.44. The van der Waals surface area contributed by atoms with Gasteiger partial charge in [-0.15, -0.1) is 11.3 Å². The summed E-state index contributed by atoms with van der Waals surface area (Å²) in [5.74, 6) is 0.360. The lowest BCUT2D eigenvalue weighted by Crippen LogP contribution is -2.45. The van der Waals surface area contributed by atoms with E-state index in [0.717, 1.165) is 13.2 Å². The molecule has 0 aromatic carbocycles. The highest BCUT2D eigenvalue weighted by Gasteiger charge is 2.43. The molecule has 1 aliphatic rings. The smallest absolute Gasteiger partial charge is 0.192 e. The van der Waals surface area contributed by atoms with Gasteiger partial charge in [-0.05, 0) is 53.5 Å². The fourth-order valence-electron chi connectivity index (χ4n) is 2.57. The largest absolute Gasteiger partial charge is 0.411 e. The quantitative estimate of drug-likeness (QED) is 0.622. The van der Waals surface area contributed by atoms with Gasteiger partial charge < -0.3 is 9.16 Å². The number of ether oxygens (including phenoxy) is 1. The van der Waals surface area contributed by atoms with Gasteiger partial charge in [0.15, 0.2) is 8.32 Å². The fraction of sp³-hybridized carbons (Fsp3) is 0.750. The van der Waals surface area contributed by atoms with E-state index in [1.165, 1.54) is 19.8 Å². The molecule has 0 unspecified atom stereocenters. The lowest BCUT2D eigenvalue weighted by Gasteiger charge is -2.39. The van der Waals surface area contributed by atoms with E-state index in [1.54, 1.807) is 0 Å². The molecule has 120 valence electrons. The summed E-state index contributed by atoms with van der Waals surface area (Å²) in [6.07, 6.45) is 0.190. The summed E-state index contributed by atoms with van der Waals surface area (Å²) < 4.78 is 13.7. The lowest BCUT2D eigenvalue weighted by molar-refractivity contribution is 0.130. The number of hydrogen-bond acceptors (Lipinski definition) is 3. The molecular formula is C16H27BrO2SSi. The van der Waals surface area contributed by atoms with Crippen molar-refractivity contribution >= 4 is 35.6 Å². The molecule has 2 atom stereocenters. The first-order valence-electron chi connectivity index (χ1n) is 7.55. The van der Waals surface area contributed by atoms with Gasteiger partial charge in [0.2, 0.25) is 0 Å². The Labute approximate surface area is 142 Å². The predicted molar refractivity (Wildman–Crippen MR) is 97.1 cm³/mol. The summed E-state index contributed by atoms with van der Waals surface area (Å²) in [7, 11) is -1.76. The van der Waals surface area contributed by atoms with E-state index in [1.807, 2.05) is 11.3 Å². The first-order valence-corrected chi connectivity index (χ1v) is 12.1. The molecule has 0 spiro atoms. The maximum atomic E-state index is 6.65. The van der Waals surface area contributed by atoms with Crippen LogP contribution in [-0.4, -0.2) is 27.6 Å². The van der Waals surface area contributed by atoms with Crippen LogP contribution in [0.2, 0.25) is 18.1 Å². The van der Waals surface area contributed by atoms with Gasteiger partial charge in [-0.2, -0.15) is 0 Å². The molecule has 0 N–H and O–H groups in total. The van der Waals surface area contributed by atoms with E-state index < -0.39 is 8.32 Å². The molecule has 0 saturated carbocycles. The van der Waals surface area contributed by atoms with Gasteiger partial charge in [0.25, 0.3) is 0 Å². The SMILES string of the molecule is Cc1sc(C)c([C@@H]2COC[C@@H]2O[Si](C)(C)C(C)(C)C)c1Br. The maximum Gasteiger partial charge on any atom is 0.192 e. The van der Waals surface area contributed by atoms with Crippen molar-refractivity contribution in [2.75, 3.05) is 13.2 Å². The normalized spacial score (nSPS) is 23.8. The van der Waals surface area contributed by atoms with E-state index in [-0.39, 0.29) is 11.1 Å². The summed E-state index contributed by atoms with van der Waals surface area (Å²) in [4.78, 5) is 2.74. The van der Waals surface area contributed by atoms with Crippen molar-refractivity contribution in [2.24, 2.45) is 0 Å². The van der Waals surface area contributed by atoms with Crippen molar-refractivity contribution in [3.63, 3.8) is 0 Å². The highest BCUT2D eigenvalue weighted by molar-refractivity contribution is 9.10. The Morgan fingerprint density at radius 1 is 1.19 bits per heavy atom. The first kappa shape index (κ1) is 17.7. The topological polar surface area (TPSA) is 18.5 Å². The minimum Gasteiger partial charge on any atom is -0.411 e. The molecule has 2 heterocycles. The van der Waals surface area contributed by atoms with Crippen LogP contribution in [0.15, 0.2) is 4.47 Å². The molecule has 1 saturated heterocycles. The lowest BCUT2D eigenvalue weighted by atomic mass is 9.97. The van der Waals surface area contributed by atoms with Crippen molar-refractivity contribution in [2.45, 2.75) is 64.8 Å². The summed E-state index contributed by atoms with van der Waals surface area (Å²) in [5, 5.41) is 0.233. The summed E-state index contributed by atoms with van der Waals surface area (Å²) in [6.45, 7) is 17.4. The molecule has 21 heavy (non-hydrogen) atoms. The Kier molecular flexibility index (Phi) is 5.11. The Morgan fingerprint density at radius 2 is 1.81 bits per heavy atom. The molecule has 0 amide bonds. The molecule has 1 fully saturated rings. The van der Waals surface area contributed by atoms with Crippen LogP contribution in [0.3, 0.4) is 0 Å². The standard InChI is InChI=1S/C16H27BrO2SSi/c1-10-14(15(17)11(2)20-10)12-8-18-9-13(12)19-21(6,7)16(3,4)5/h12-13H,8-9H2,1-7H3/t12-,13+/m1/s1. The maximum absolute atomic E-state index is 6.65. The number of thiophene rings is 1. The molecule has 0 bridgehead atoms. The van der Waals surface area contributed by atoms with Crippen molar-refractivity contribution in [3.05, 3.63) is 19.8 Å². The van der Waals surface area contributed by atoms with E-state index in [4.69, 9.17) is 9.16 Å². The summed E-state index contributed by atoms with van der Waals surface area (Å²) in [6, 6.07) is 0. The van der Waals surface area contributed by atoms with Gasteiger partial charge in [0.1, 0.15) is 0 Å². The first-order chi connectivity index (χ1) is 9.54. The third kappa shape index (κ3) is 3.47. The van der Waals surface area contributed by atoms with Gasteiger partial charge in [-0.25, -0.2) is 0 Å². The second-order valence-electron chi connectivity index (χ2n) is 7.50. The van der Waals surface area contributed by atoms with Crippen molar-refractivity contribution < 1.29 is 9.16 Å². The molecule has 1 aromatic heterocycles. The Balaban J connectivity index is 2.26. The molecule has 5 heteroatoms. The van der Waals surface area contributed by atoms with E-state index >= 15 is 0 Å². The zero-order valence-electron chi connectivity index (χ0n) is 14.2. The second kappa shape index (κ2) is 6.08. The third-order valence-electron chi connectivity index (χ3n) is 4.88. The number of hydrogen-bond donors (Lipinski definition) is 0. The Morgan fingerprint density at radius 3 is 2.29 bits per heavy atom. The molecule has 0 radical (unpaired) electrons. The highest BCUT2D eigenvalue weighted by atomic mass is 79.9. The monoisotopic (exact) mass is 390 g/mol. The van der Waals surface area contributed by atoms with Gasteiger partial charge >= 0.3 is 0 Å². The number of halogens is 1. The molecule has 0 aliphatic carbocycles. The van der Waals surface area contributed by atoms with Crippen LogP contribution in [-0.2, 0) is 9.16 Å². The molecule has 1 aromatic rings. The van der Waals surface area contributed by atoms with Crippen LogP contribution in [0.1, 0.15) is 42.0 Å². The minimum absolute atomic E-state index is 0.190. The van der Waals surface area contributed by atoms with Gasteiger partial charge in [0, 0.05) is 20.1 Å². The Hall–Kier alpha value is 0.317. The van der Waals surface area contributed by atoms with Crippen LogP contribution in [0, 0.1) is 13.8 Å². The van der Waals surface area contributed by atoms with Crippen LogP contribution in [0.5, 0.6) is 0 Å². The van der Waals surface area contributed by atoms with Crippen LogP contribution >= 0.6 is 27.3 Å². The zero-order valence-corrected chi connectivity index (χ0v) is 17.6. The third-order valence-corrected chi connectivity index (χ3v) is 11.7. The number of aryl methyl sites for hydroxylation is 2. The second-order valence-corrected chi connectivity index (χ2v) is 14.5. The Bertz CT molecular complexity index is 519. The number of rotatable bonds is 3. The van der Waals surface area contributed by atoms with Gasteiger partial charge in [-0.1, -0.05) is 20.8 Å². The van der Waals surface area contributed by atoms with Crippen molar-refractivity contribution in [1.29, 1.82) is 0 Å². The summed E-state index contributed by atoms with van der Waals surface area (Å²) >= 11 is 5.63. The van der Waals surface area contributed by atoms with Crippen molar-refractivity contribution in [3.8, 4) is 0 Å². The van der Waals surface area contributed by atoms with E-state index in [2.05, 4.69) is 63.6 Å². The van der Waals surface area contributed by atoms with Crippen molar-refractivity contribution in [1.82, 2.24) is 0 Å². The predicted octanol–water partition coefficient (Wildman–Crippen LogP) is 5.63. The van der Waals surface area contributed by atoms with Gasteiger partial charge in [0.05, 0.1) is 19.3 Å². The summed E-state index contributed by atoms with van der Waals surface area (Å²) in [5.41, 5.74) is 1.40. The van der Waals surface area contributed by atoms with E-state index in [0.29, 0.717) is 5.92 Å². The van der Waals surface area contributed by atoms with Gasteiger partial charge in [-0.3, -0.25) is 0 Å². The van der Waals surface area contributed by atoms with E-state index in [9.17, 15) is 0 Å². The molecule has 2 rings (SSSR count). The fourth-order valence-corrected chi connectivity index (χ4v) is 5.90. The average molecular weight is 391 g/mol. The van der Waals surface area contributed by atoms with Crippen LogP contribution in [0.4, 0.5) is 0 Å². The molecular weight excluding hydrogens is 364 g/mol. The minimum atomic E-state index is -1.76. The van der Waals surface area contributed by atoms with Crippen LogP contribution in [0.25, 0.3) is 0 Å². The average Bonchev–Trinajstić information content (AvgIpc) is 2.83. The van der Waals surface area contributed by atoms with Crippen LogP contribution < -0.4 is 0 Å².